The Bertz CT molecular complexity index is 969. The van der Waals surface area contributed by atoms with Crippen LogP contribution in [0.1, 0.15) is 31.4 Å². The summed E-state index contributed by atoms with van der Waals surface area (Å²) in [6.45, 7) is 3.16. The van der Waals surface area contributed by atoms with Crippen LogP contribution in [-0.2, 0) is 14.5 Å². The van der Waals surface area contributed by atoms with Crippen molar-refractivity contribution in [1.82, 2.24) is 5.01 Å². The second-order valence-electron chi connectivity index (χ2n) is 6.55. The largest absolute Gasteiger partial charge is 0.396 e. The lowest BCUT2D eigenvalue weighted by atomic mass is 10.0. The molecule has 9 heteroatoms. The minimum Gasteiger partial charge on any atom is -0.396 e. The molecule has 1 N–H and O–H groups in total. The van der Waals surface area contributed by atoms with Crippen molar-refractivity contribution in [3.05, 3.63) is 71.3 Å². The molecule has 30 heavy (non-hydrogen) atoms. The van der Waals surface area contributed by atoms with Crippen LogP contribution in [0.5, 0.6) is 0 Å². The Hall–Kier alpha value is -2.78. The van der Waals surface area contributed by atoms with Gasteiger partial charge >= 0.3 is 0 Å². The average Bonchev–Trinajstić information content (AvgIpc) is 3.13. The molecule has 2 atom stereocenters. The van der Waals surface area contributed by atoms with Gasteiger partial charge < -0.3 is 9.94 Å². The van der Waals surface area contributed by atoms with E-state index in [4.69, 9.17) is 4.84 Å². The molecular weight excluding hydrogens is 412 g/mol. The third kappa shape index (κ3) is 4.36. The van der Waals surface area contributed by atoms with Crippen molar-refractivity contribution in [1.29, 1.82) is 0 Å². The maximum absolute atomic E-state index is 14.5. The highest BCUT2D eigenvalue weighted by Crippen LogP contribution is 2.50. The summed E-state index contributed by atoms with van der Waals surface area (Å²) in [5, 5.41) is 19.3. The first-order valence-corrected chi connectivity index (χ1v) is 10.1. The summed E-state index contributed by atoms with van der Waals surface area (Å²) in [5.74, 6) is -1.96. The van der Waals surface area contributed by atoms with Crippen molar-refractivity contribution >= 4 is 28.9 Å². The quantitative estimate of drug-likeness (QED) is 0.409. The van der Waals surface area contributed by atoms with Crippen molar-refractivity contribution in [2.24, 2.45) is 10.3 Å². The van der Waals surface area contributed by atoms with Crippen LogP contribution in [0.25, 0.3) is 0 Å². The first-order valence-electron chi connectivity index (χ1n) is 9.29. The van der Waals surface area contributed by atoms with Crippen LogP contribution in [0, 0.1) is 11.6 Å². The smallest absolute Gasteiger partial charge is 0.272 e. The standard InChI is InChI=1S/C21H21F2N3O3S/c1-3-24-29-12-11-21(15-7-5-4-6-8-15)26(20(28)14(2)27)25-19(30-21)17-13-16(22)9-10-18(17)23/h3-10,13-14,27H,11-12H2,1-2H3/b24-3+/t14-,21?/m0/s1. The van der Waals surface area contributed by atoms with Gasteiger partial charge in [0.2, 0.25) is 0 Å². The molecule has 1 heterocycles. The van der Waals surface area contributed by atoms with Gasteiger partial charge in [0, 0.05) is 18.2 Å². The molecule has 158 valence electrons. The van der Waals surface area contributed by atoms with Gasteiger partial charge in [-0.25, -0.2) is 13.8 Å². The predicted molar refractivity (Wildman–Crippen MR) is 112 cm³/mol. The maximum atomic E-state index is 14.5. The fourth-order valence-corrected chi connectivity index (χ4v) is 4.43. The molecule has 0 radical (unpaired) electrons. The number of nitrogens with zero attached hydrogens (tertiary/aromatic N) is 3. The molecule has 1 aliphatic rings. The number of carbonyl (C=O) groups excluding carboxylic acids is 1. The van der Waals surface area contributed by atoms with E-state index in [1.54, 1.807) is 31.2 Å². The minimum absolute atomic E-state index is 0.0614. The normalized spacial score (nSPS) is 19.8. The van der Waals surface area contributed by atoms with Gasteiger partial charge in [-0.1, -0.05) is 47.2 Å². The fourth-order valence-electron chi connectivity index (χ4n) is 3.06. The zero-order valence-electron chi connectivity index (χ0n) is 16.5. The number of hydrogen-bond acceptors (Lipinski definition) is 6. The second-order valence-corrected chi connectivity index (χ2v) is 7.82. The number of halogens is 2. The number of carbonyl (C=O) groups is 1. The third-order valence-electron chi connectivity index (χ3n) is 4.46. The molecule has 1 amide bonds. The van der Waals surface area contributed by atoms with E-state index in [0.29, 0.717) is 5.56 Å². The van der Waals surface area contributed by atoms with Crippen LogP contribution >= 0.6 is 11.8 Å². The van der Waals surface area contributed by atoms with E-state index in [1.165, 1.54) is 13.1 Å². The number of oxime groups is 1. The molecule has 0 saturated heterocycles. The van der Waals surface area contributed by atoms with Crippen molar-refractivity contribution in [2.75, 3.05) is 6.61 Å². The fraction of sp³-hybridized carbons (Fsp3) is 0.286. The lowest BCUT2D eigenvalue weighted by molar-refractivity contribution is -0.143. The van der Waals surface area contributed by atoms with Gasteiger partial charge in [0.1, 0.15) is 34.3 Å². The molecule has 0 aliphatic carbocycles. The molecule has 0 fully saturated rings. The summed E-state index contributed by atoms with van der Waals surface area (Å²) in [6.07, 6.45) is 0.380. The molecule has 2 aromatic rings. The highest BCUT2D eigenvalue weighted by Gasteiger charge is 2.49. The van der Waals surface area contributed by atoms with E-state index in [1.807, 2.05) is 6.07 Å². The SMILES string of the molecule is C/C=N/OCCC1(c2ccccc2)SC(c2cc(F)ccc2F)=NN1C(=O)[C@H](C)O. The Labute approximate surface area is 177 Å². The van der Waals surface area contributed by atoms with Gasteiger partial charge in [-0.05, 0) is 37.6 Å². The molecule has 0 aromatic heterocycles. The molecule has 1 unspecified atom stereocenters. The number of hydrazone groups is 1. The summed E-state index contributed by atoms with van der Waals surface area (Å²) < 4.78 is 28.3. The van der Waals surface area contributed by atoms with Gasteiger partial charge in [0.05, 0.1) is 0 Å². The Balaban J connectivity index is 2.11. The highest BCUT2D eigenvalue weighted by molar-refractivity contribution is 8.15. The topological polar surface area (TPSA) is 74.5 Å². The number of benzene rings is 2. The zero-order valence-corrected chi connectivity index (χ0v) is 17.3. The third-order valence-corrected chi connectivity index (χ3v) is 5.91. The summed E-state index contributed by atoms with van der Waals surface area (Å²) in [6, 6.07) is 12.1. The lowest BCUT2D eigenvalue weighted by Crippen LogP contribution is -2.45. The lowest BCUT2D eigenvalue weighted by Gasteiger charge is -2.36. The molecule has 1 aliphatic heterocycles. The van der Waals surface area contributed by atoms with Crippen LogP contribution in [0.4, 0.5) is 8.78 Å². The van der Waals surface area contributed by atoms with Crippen molar-refractivity contribution in [2.45, 2.75) is 31.2 Å². The molecule has 6 nitrogen and oxygen atoms in total. The summed E-state index contributed by atoms with van der Waals surface area (Å²) in [4.78, 5) is 17.0. The van der Waals surface area contributed by atoms with Crippen molar-refractivity contribution < 1.29 is 23.5 Å². The van der Waals surface area contributed by atoms with Crippen molar-refractivity contribution in [3.8, 4) is 0 Å². The van der Waals surface area contributed by atoms with E-state index in [2.05, 4.69) is 10.3 Å². The van der Waals surface area contributed by atoms with Crippen LogP contribution in [0.15, 0.2) is 58.8 Å². The van der Waals surface area contributed by atoms with E-state index in [-0.39, 0.29) is 23.6 Å². The van der Waals surface area contributed by atoms with E-state index in [0.717, 1.165) is 35.0 Å². The first-order chi connectivity index (χ1) is 14.4. The van der Waals surface area contributed by atoms with Gasteiger partial charge in [-0.15, -0.1) is 0 Å². The van der Waals surface area contributed by atoms with E-state index < -0.39 is 28.5 Å². The Morgan fingerprint density at radius 3 is 2.73 bits per heavy atom. The van der Waals surface area contributed by atoms with Crippen LogP contribution in [-0.4, -0.2) is 40.0 Å². The van der Waals surface area contributed by atoms with Crippen molar-refractivity contribution in [3.63, 3.8) is 0 Å². The number of aliphatic hydroxyl groups is 1. The van der Waals surface area contributed by atoms with Crippen LogP contribution < -0.4 is 0 Å². The van der Waals surface area contributed by atoms with Gasteiger partial charge in [-0.3, -0.25) is 4.79 Å². The second kappa shape index (κ2) is 9.36. The molecule has 0 saturated carbocycles. The monoisotopic (exact) mass is 433 g/mol. The van der Waals surface area contributed by atoms with Gasteiger partial charge in [-0.2, -0.15) is 5.10 Å². The summed E-state index contributed by atoms with van der Waals surface area (Å²) in [5.41, 5.74) is 0.636. The highest BCUT2D eigenvalue weighted by atomic mass is 32.2. The molecule has 0 spiro atoms. The van der Waals surface area contributed by atoms with Gasteiger partial charge in [0.25, 0.3) is 5.91 Å². The molecule has 0 bridgehead atoms. The van der Waals surface area contributed by atoms with Crippen LogP contribution in [0.2, 0.25) is 0 Å². The zero-order chi connectivity index (χ0) is 21.7. The Morgan fingerprint density at radius 2 is 2.07 bits per heavy atom. The predicted octanol–water partition coefficient (Wildman–Crippen LogP) is 3.85. The molecular formula is C21H21F2N3O3S. The average molecular weight is 433 g/mol. The number of hydrogen-bond donors (Lipinski definition) is 1. The summed E-state index contributed by atoms with van der Waals surface area (Å²) in [7, 11) is 0. The molecule has 3 rings (SSSR count). The van der Waals surface area contributed by atoms with E-state index >= 15 is 0 Å². The Morgan fingerprint density at radius 1 is 1.33 bits per heavy atom. The number of amides is 1. The maximum Gasteiger partial charge on any atom is 0.272 e. The van der Waals surface area contributed by atoms with Crippen LogP contribution in [0.3, 0.4) is 0 Å². The first kappa shape index (κ1) is 21.9. The minimum atomic E-state index is -1.34. The van der Waals surface area contributed by atoms with Gasteiger partial charge in [0.15, 0.2) is 0 Å². The molecule has 2 aromatic carbocycles. The van der Waals surface area contributed by atoms with E-state index in [9.17, 15) is 18.7 Å². The number of thioether (sulfide) groups is 1. The summed E-state index contributed by atoms with van der Waals surface area (Å²) >= 11 is 1.10. The number of aliphatic hydroxyl groups excluding tert-OH is 1. The Kier molecular flexibility index (Phi) is 6.84. The number of rotatable bonds is 7.